The lowest BCUT2D eigenvalue weighted by Crippen LogP contribution is -2.48. The van der Waals surface area contributed by atoms with E-state index >= 15 is 0 Å². The first-order valence-corrected chi connectivity index (χ1v) is 11.9. The van der Waals surface area contributed by atoms with E-state index in [2.05, 4.69) is 19.2 Å². The number of rotatable bonds is 6. The average molecular weight is 449 g/mol. The predicted octanol–water partition coefficient (Wildman–Crippen LogP) is 3.63. The molecule has 2 saturated heterocycles. The number of amides is 2. The number of fused-ring (bicyclic) bond motifs is 1. The van der Waals surface area contributed by atoms with Crippen LogP contribution >= 0.6 is 0 Å². The normalized spacial score (nSPS) is 23.5. The van der Waals surface area contributed by atoms with E-state index in [9.17, 15) is 14.9 Å². The summed E-state index contributed by atoms with van der Waals surface area (Å²) in [6, 6.07) is 10.3. The van der Waals surface area contributed by atoms with Crippen LogP contribution in [-0.4, -0.2) is 52.6 Å². The van der Waals surface area contributed by atoms with Crippen LogP contribution < -0.4 is 5.32 Å². The van der Waals surface area contributed by atoms with Crippen LogP contribution in [0.4, 0.5) is 0 Å². The van der Waals surface area contributed by atoms with E-state index in [0.717, 1.165) is 48.6 Å². The zero-order chi connectivity index (χ0) is 23.4. The zero-order valence-corrected chi connectivity index (χ0v) is 19.4. The number of aromatic nitrogens is 1. The van der Waals surface area contributed by atoms with Gasteiger partial charge in [0.05, 0.1) is 6.10 Å². The molecule has 0 unspecified atom stereocenters. The SMILES string of the molecule is C[C@@H]1CCC[C@H](C)N1C(=O)Cn1cc(/C=C(\C#N)C(=O)NC[C@@H]2CCCO2)c2ccccc21. The molecule has 0 saturated carbocycles. The number of likely N-dealkylation sites (tertiary alicyclic amines) is 1. The number of hydrogen-bond donors (Lipinski definition) is 1. The number of hydrogen-bond acceptors (Lipinski definition) is 4. The van der Waals surface area contributed by atoms with Gasteiger partial charge in [-0.25, -0.2) is 0 Å². The van der Waals surface area contributed by atoms with Crippen molar-refractivity contribution in [2.24, 2.45) is 0 Å². The van der Waals surface area contributed by atoms with E-state index in [-0.39, 0.29) is 36.2 Å². The maximum Gasteiger partial charge on any atom is 0.262 e. The Labute approximate surface area is 195 Å². The molecule has 33 heavy (non-hydrogen) atoms. The van der Waals surface area contributed by atoms with Crippen molar-refractivity contribution in [3.05, 3.63) is 41.6 Å². The van der Waals surface area contributed by atoms with Gasteiger partial charge in [-0.05, 0) is 58.1 Å². The molecular formula is C26H32N4O3. The Morgan fingerprint density at radius 1 is 1.18 bits per heavy atom. The minimum Gasteiger partial charge on any atom is -0.376 e. The standard InChI is InChI=1S/C26H32N4O3/c1-18-7-5-8-19(2)30(18)25(31)17-29-16-21(23-10-3-4-11-24(23)29)13-20(14-27)26(32)28-15-22-9-6-12-33-22/h3-4,10-11,13,16,18-19,22H,5-9,12,15,17H2,1-2H3,(H,28,32)/b20-13+/t18-,19+,22-/m0/s1. The lowest BCUT2D eigenvalue weighted by molar-refractivity contribution is -0.137. The molecule has 0 radical (unpaired) electrons. The van der Waals surface area contributed by atoms with Crippen LogP contribution in [-0.2, 0) is 20.9 Å². The first-order valence-electron chi connectivity index (χ1n) is 11.9. The summed E-state index contributed by atoms with van der Waals surface area (Å²) in [4.78, 5) is 27.8. The van der Waals surface area contributed by atoms with Gasteiger partial charge in [0.1, 0.15) is 18.2 Å². The van der Waals surface area contributed by atoms with E-state index in [4.69, 9.17) is 4.74 Å². The summed E-state index contributed by atoms with van der Waals surface area (Å²) >= 11 is 0. The third kappa shape index (κ3) is 5.12. The Kier molecular flexibility index (Phi) is 7.14. The number of carbonyl (C=O) groups excluding carboxylic acids is 2. The van der Waals surface area contributed by atoms with Crippen molar-refractivity contribution >= 4 is 28.8 Å². The topological polar surface area (TPSA) is 87.4 Å². The molecule has 2 aromatic rings. The molecule has 7 heteroatoms. The smallest absolute Gasteiger partial charge is 0.262 e. The number of nitrogens with one attached hydrogen (secondary N) is 1. The minimum atomic E-state index is -0.406. The van der Waals surface area contributed by atoms with Gasteiger partial charge in [0.15, 0.2) is 0 Å². The summed E-state index contributed by atoms with van der Waals surface area (Å²) in [5.74, 6) is -0.308. The molecule has 0 spiro atoms. The second-order valence-electron chi connectivity index (χ2n) is 9.17. The van der Waals surface area contributed by atoms with Crippen LogP contribution in [0.25, 0.3) is 17.0 Å². The van der Waals surface area contributed by atoms with E-state index in [1.54, 1.807) is 6.08 Å². The lowest BCUT2D eigenvalue weighted by atomic mass is 9.97. The molecule has 1 aromatic heterocycles. The van der Waals surface area contributed by atoms with Crippen LogP contribution in [0.5, 0.6) is 0 Å². The quantitative estimate of drug-likeness (QED) is 0.540. The van der Waals surface area contributed by atoms with Crippen molar-refractivity contribution < 1.29 is 14.3 Å². The molecule has 3 heterocycles. The summed E-state index contributed by atoms with van der Waals surface area (Å²) in [7, 11) is 0. The number of piperidine rings is 1. The fourth-order valence-electron chi connectivity index (χ4n) is 5.07. The van der Waals surface area contributed by atoms with E-state index in [1.807, 2.05) is 46.0 Å². The molecule has 2 fully saturated rings. The maximum absolute atomic E-state index is 13.2. The molecule has 0 bridgehead atoms. The molecule has 2 aliphatic rings. The highest BCUT2D eigenvalue weighted by molar-refractivity contribution is 6.04. The Morgan fingerprint density at radius 3 is 2.64 bits per heavy atom. The second-order valence-corrected chi connectivity index (χ2v) is 9.17. The number of para-hydroxylation sites is 1. The number of ether oxygens (including phenoxy) is 1. The molecule has 2 amide bonds. The third-order valence-electron chi connectivity index (χ3n) is 6.79. The Morgan fingerprint density at radius 2 is 1.94 bits per heavy atom. The maximum atomic E-state index is 13.2. The summed E-state index contributed by atoms with van der Waals surface area (Å²) in [5.41, 5.74) is 1.70. The van der Waals surface area contributed by atoms with Gasteiger partial charge in [0.25, 0.3) is 5.91 Å². The number of nitriles is 1. The highest BCUT2D eigenvalue weighted by Crippen LogP contribution is 2.26. The van der Waals surface area contributed by atoms with Gasteiger partial charge < -0.3 is 19.5 Å². The molecule has 0 aliphatic carbocycles. The molecule has 174 valence electrons. The Bertz CT molecular complexity index is 1080. The highest BCUT2D eigenvalue weighted by Gasteiger charge is 2.29. The first-order chi connectivity index (χ1) is 16.0. The molecule has 3 atom stereocenters. The van der Waals surface area contributed by atoms with Crippen molar-refractivity contribution in [1.82, 2.24) is 14.8 Å². The van der Waals surface area contributed by atoms with E-state index in [0.29, 0.717) is 13.2 Å². The molecule has 1 N–H and O–H groups in total. The van der Waals surface area contributed by atoms with Crippen LogP contribution in [0.15, 0.2) is 36.0 Å². The fourth-order valence-corrected chi connectivity index (χ4v) is 5.07. The van der Waals surface area contributed by atoms with Gasteiger partial charge in [-0.1, -0.05) is 18.2 Å². The van der Waals surface area contributed by atoms with Gasteiger partial charge in [0.2, 0.25) is 5.91 Å². The minimum absolute atomic E-state index is 0.0152. The Balaban J connectivity index is 1.56. The molecule has 7 nitrogen and oxygen atoms in total. The first kappa shape index (κ1) is 23.1. The largest absolute Gasteiger partial charge is 0.376 e. The van der Waals surface area contributed by atoms with Gasteiger partial charge in [0, 0.05) is 47.9 Å². The number of carbonyl (C=O) groups is 2. The van der Waals surface area contributed by atoms with E-state index < -0.39 is 5.91 Å². The van der Waals surface area contributed by atoms with Gasteiger partial charge in [-0.15, -0.1) is 0 Å². The second kappa shape index (κ2) is 10.2. The summed E-state index contributed by atoms with van der Waals surface area (Å²) in [6.45, 7) is 5.58. The fraction of sp³-hybridized carbons (Fsp3) is 0.500. The summed E-state index contributed by atoms with van der Waals surface area (Å²) in [5, 5.41) is 13.3. The van der Waals surface area contributed by atoms with Crippen molar-refractivity contribution in [2.45, 2.75) is 70.7 Å². The van der Waals surface area contributed by atoms with Crippen molar-refractivity contribution in [2.75, 3.05) is 13.2 Å². The lowest BCUT2D eigenvalue weighted by Gasteiger charge is -2.39. The average Bonchev–Trinajstić information content (AvgIpc) is 3.44. The molecule has 1 aromatic carbocycles. The summed E-state index contributed by atoms with van der Waals surface area (Å²) in [6.07, 6.45) is 8.62. The summed E-state index contributed by atoms with van der Waals surface area (Å²) < 4.78 is 7.47. The van der Waals surface area contributed by atoms with Gasteiger partial charge >= 0.3 is 0 Å². The van der Waals surface area contributed by atoms with Crippen molar-refractivity contribution in [1.29, 1.82) is 5.26 Å². The predicted molar refractivity (Wildman–Crippen MR) is 127 cm³/mol. The molecule has 4 rings (SSSR count). The monoisotopic (exact) mass is 448 g/mol. The van der Waals surface area contributed by atoms with Crippen LogP contribution in [0.1, 0.15) is 51.5 Å². The van der Waals surface area contributed by atoms with Gasteiger partial charge in [-0.3, -0.25) is 9.59 Å². The van der Waals surface area contributed by atoms with Crippen molar-refractivity contribution in [3.8, 4) is 6.07 Å². The number of benzene rings is 1. The third-order valence-corrected chi connectivity index (χ3v) is 6.79. The van der Waals surface area contributed by atoms with E-state index in [1.165, 1.54) is 0 Å². The zero-order valence-electron chi connectivity index (χ0n) is 19.4. The number of nitrogens with zero attached hydrogens (tertiary/aromatic N) is 3. The Hall–Kier alpha value is -3.11. The van der Waals surface area contributed by atoms with Crippen LogP contribution in [0.3, 0.4) is 0 Å². The van der Waals surface area contributed by atoms with Crippen molar-refractivity contribution in [3.63, 3.8) is 0 Å². The highest BCUT2D eigenvalue weighted by atomic mass is 16.5. The van der Waals surface area contributed by atoms with Crippen LogP contribution in [0, 0.1) is 11.3 Å². The van der Waals surface area contributed by atoms with Gasteiger partial charge in [-0.2, -0.15) is 5.26 Å². The van der Waals surface area contributed by atoms with Crippen LogP contribution in [0.2, 0.25) is 0 Å². The molecule has 2 aliphatic heterocycles. The molecular weight excluding hydrogens is 416 g/mol.